The fourth-order valence-electron chi connectivity index (χ4n) is 4.23. The summed E-state index contributed by atoms with van der Waals surface area (Å²) in [5.41, 5.74) is 8.07. The Hall–Kier alpha value is -3.43. The van der Waals surface area contributed by atoms with Crippen LogP contribution in [-0.2, 0) is 20.8 Å². The van der Waals surface area contributed by atoms with E-state index in [-0.39, 0.29) is 36.9 Å². The zero-order chi connectivity index (χ0) is 23.4. The number of carbonyl (C=O) groups is 3. The fraction of sp³-hybridized carbons (Fsp3) is 0.375. The second kappa shape index (κ2) is 10.0. The van der Waals surface area contributed by atoms with Gasteiger partial charge in [0.2, 0.25) is 17.7 Å². The molecule has 2 aliphatic heterocycles. The first-order chi connectivity index (χ1) is 16.0. The van der Waals surface area contributed by atoms with E-state index in [4.69, 9.17) is 9.47 Å². The quantitative estimate of drug-likeness (QED) is 0.606. The van der Waals surface area contributed by atoms with Gasteiger partial charge < -0.3 is 14.4 Å². The van der Waals surface area contributed by atoms with Crippen LogP contribution >= 0.6 is 0 Å². The molecule has 2 aromatic carbocycles. The van der Waals surface area contributed by atoms with Gasteiger partial charge in [-0.2, -0.15) is 0 Å². The minimum Gasteiger partial charge on any atom is -0.497 e. The minimum atomic E-state index is -0.557. The molecule has 0 bridgehead atoms. The molecule has 33 heavy (non-hydrogen) atoms. The van der Waals surface area contributed by atoms with Crippen LogP contribution in [0.15, 0.2) is 48.5 Å². The zero-order valence-corrected chi connectivity index (χ0v) is 18.7. The van der Waals surface area contributed by atoms with Crippen molar-refractivity contribution in [2.75, 3.05) is 33.9 Å². The smallest absolute Gasteiger partial charge is 0.248 e. The third kappa shape index (κ3) is 4.99. The number of piperazine rings is 1. The predicted octanol–water partition coefficient (Wildman–Crippen LogP) is 1.05. The van der Waals surface area contributed by atoms with Crippen molar-refractivity contribution in [2.45, 2.75) is 24.9 Å². The van der Waals surface area contributed by atoms with Crippen LogP contribution in [0, 0.1) is 0 Å². The van der Waals surface area contributed by atoms with Crippen LogP contribution in [0.2, 0.25) is 0 Å². The first-order valence-electron chi connectivity index (χ1n) is 10.9. The first kappa shape index (κ1) is 22.8. The van der Waals surface area contributed by atoms with Gasteiger partial charge in [-0.3, -0.25) is 19.3 Å². The molecule has 2 N–H and O–H groups in total. The van der Waals surface area contributed by atoms with Gasteiger partial charge in [-0.15, -0.1) is 0 Å². The first-order valence-corrected chi connectivity index (χ1v) is 10.9. The maximum absolute atomic E-state index is 13.1. The van der Waals surface area contributed by atoms with Crippen molar-refractivity contribution in [1.29, 1.82) is 0 Å². The number of hydrogen-bond acceptors (Lipinski definition) is 7. The van der Waals surface area contributed by atoms with E-state index in [1.165, 1.54) is 9.80 Å². The summed E-state index contributed by atoms with van der Waals surface area (Å²) >= 11 is 0. The van der Waals surface area contributed by atoms with Crippen molar-refractivity contribution in [3.63, 3.8) is 0 Å². The number of imide groups is 1. The van der Waals surface area contributed by atoms with E-state index < -0.39 is 6.04 Å². The van der Waals surface area contributed by atoms with Crippen LogP contribution in [0.1, 0.15) is 23.6 Å². The molecule has 2 fully saturated rings. The van der Waals surface area contributed by atoms with Crippen molar-refractivity contribution in [2.24, 2.45) is 0 Å². The van der Waals surface area contributed by atoms with Crippen LogP contribution in [0.5, 0.6) is 11.5 Å². The Morgan fingerprint density at radius 1 is 1.00 bits per heavy atom. The second-order valence-electron chi connectivity index (χ2n) is 8.11. The summed E-state index contributed by atoms with van der Waals surface area (Å²) in [6, 6.07) is 14.5. The number of nitrogens with zero attached hydrogens (tertiary/aromatic N) is 2. The zero-order valence-electron chi connectivity index (χ0n) is 18.7. The predicted molar refractivity (Wildman–Crippen MR) is 120 cm³/mol. The maximum atomic E-state index is 13.1. The van der Waals surface area contributed by atoms with E-state index in [2.05, 4.69) is 10.9 Å². The van der Waals surface area contributed by atoms with Gasteiger partial charge in [-0.25, -0.2) is 10.9 Å². The van der Waals surface area contributed by atoms with Crippen molar-refractivity contribution < 1.29 is 23.9 Å². The summed E-state index contributed by atoms with van der Waals surface area (Å²) in [4.78, 5) is 40.9. The Morgan fingerprint density at radius 3 is 2.39 bits per heavy atom. The molecule has 9 nitrogen and oxygen atoms in total. The molecule has 9 heteroatoms. The van der Waals surface area contributed by atoms with Crippen molar-refractivity contribution in [3.05, 3.63) is 59.7 Å². The van der Waals surface area contributed by atoms with Crippen molar-refractivity contribution in [3.8, 4) is 11.5 Å². The lowest BCUT2D eigenvalue weighted by Gasteiger charge is -2.33. The Kier molecular flexibility index (Phi) is 6.90. The second-order valence-corrected chi connectivity index (χ2v) is 8.11. The molecule has 0 aliphatic carbocycles. The molecule has 0 spiro atoms. The summed E-state index contributed by atoms with van der Waals surface area (Å²) in [6.07, 6.45) is 1.05. The lowest BCUT2D eigenvalue weighted by Crippen LogP contribution is -2.58. The number of amides is 3. The van der Waals surface area contributed by atoms with E-state index in [1.807, 2.05) is 42.5 Å². The van der Waals surface area contributed by atoms with Crippen LogP contribution in [0.3, 0.4) is 0 Å². The highest BCUT2D eigenvalue weighted by Crippen LogP contribution is 2.33. The van der Waals surface area contributed by atoms with Crippen LogP contribution < -0.4 is 20.3 Å². The van der Waals surface area contributed by atoms with E-state index >= 15 is 0 Å². The Labute approximate surface area is 192 Å². The highest BCUT2D eigenvalue weighted by atomic mass is 16.5. The standard InChI is InChI=1S/C24H28N4O5/c1-32-17-8-9-18(21(12-17)33-2)19-13-20(26-25-19)24(31)27-14-22(29)28(23(30)15-27)11-10-16-6-4-3-5-7-16/h3-9,12,19-20,25-26H,10-11,13-15H2,1-2H3. The largest absolute Gasteiger partial charge is 0.497 e. The molecule has 2 saturated heterocycles. The molecule has 2 atom stereocenters. The number of hydrogen-bond donors (Lipinski definition) is 2. The summed E-state index contributed by atoms with van der Waals surface area (Å²) in [5.74, 6) is 0.349. The molecule has 0 radical (unpaired) electrons. The maximum Gasteiger partial charge on any atom is 0.248 e. The van der Waals surface area contributed by atoms with E-state index in [0.29, 0.717) is 30.9 Å². The van der Waals surface area contributed by atoms with Crippen LogP contribution in [0.25, 0.3) is 0 Å². The molecule has 2 unspecified atom stereocenters. The molecule has 0 aromatic heterocycles. The molecule has 0 saturated carbocycles. The monoisotopic (exact) mass is 452 g/mol. The number of methoxy groups -OCH3 is 2. The van der Waals surface area contributed by atoms with Crippen LogP contribution in [0.4, 0.5) is 0 Å². The van der Waals surface area contributed by atoms with Gasteiger partial charge in [0.25, 0.3) is 0 Å². The number of carbonyl (C=O) groups excluding carboxylic acids is 3. The van der Waals surface area contributed by atoms with Gasteiger partial charge in [0, 0.05) is 18.2 Å². The molecular formula is C24H28N4O5. The lowest BCUT2D eigenvalue weighted by atomic mass is 10.00. The topological polar surface area (TPSA) is 100 Å². The fourth-order valence-corrected chi connectivity index (χ4v) is 4.23. The van der Waals surface area contributed by atoms with E-state index in [9.17, 15) is 14.4 Å². The summed E-state index contributed by atoms with van der Waals surface area (Å²) in [6.45, 7) is 0.106. The number of benzene rings is 2. The molecule has 2 heterocycles. The minimum absolute atomic E-state index is 0.103. The molecule has 2 aliphatic rings. The van der Waals surface area contributed by atoms with Gasteiger partial charge in [-0.05, 0) is 24.5 Å². The highest BCUT2D eigenvalue weighted by Gasteiger charge is 2.39. The molecule has 3 amide bonds. The van der Waals surface area contributed by atoms with Gasteiger partial charge in [-0.1, -0.05) is 36.4 Å². The summed E-state index contributed by atoms with van der Waals surface area (Å²) in [7, 11) is 3.17. The SMILES string of the molecule is COc1ccc(C2CC(C(=O)N3CC(=O)N(CCc4ccccc4)C(=O)C3)NN2)c(OC)c1. The molecule has 174 valence electrons. The number of ether oxygens (including phenoxy) is 2. The van der Waals surface area contributed by atoms with Gasteiger partial charge >= 0.3 is 0 Å². The average Bonchev–Trinajstić information content (AvgIpc) is 3.33. The highest BCUT2D eigenvalue weighted by molar-refractivity contribution is 6.03. The van der Waals surface area contributed by atoms with E-state index in [1.54, 1.807) is 20.3 Å². The summed E-state index contributed by atoms with van der Waals surface area (Å²) < 4.78 is 10.7. The Morgan fingerprint density at radius 2 is 1.73 bits per heavy atom. The lowest BCUT2D eigenvalue weighted by molar-refractivity contribution is -0.157. The molecule has 2 aromatic rings. The van der Waals surface area contributed by atoms with Gasteiger partial charge in [0.05, 0.1) is 20.3 Å². The molecular weight excluding hydrogens is 424 g/mol. The summed E-state index contributed by atoms with van der Waals surface area (Å²) in [5, 5.41) is 0. The third-order valence-electron chi connectivity index (χ3n) is 6.05. The van der Waals surface area contributed by atoms with Crippen molar-refractivity contribution in [1.82, 2.24) is 20.7 Å². The average molecular weight is 453 g/mol. The number of rotatable bonds is 7. The Balaban J connectivity index is 1.36. The number of hydrazine groups is 1. The third-order valence-corrected chi connectivity index (χ3v) is 6.05. The normalized spacial score (nSPS) is 20.8. The van der Waals surface area contributed by atoms with Gasteiger partial charge in [0.15, 0.2) is 0 Å². The van der Waals surface area contributed by atoms with Gasteiger partial charge in [0.1, 0.15) is 30.6 Å². The van der Waals surface area contributed by atoms with Crippen LogP contribution in [-0.4, -0.2) is 67.4 Å². The number of nitrogens with one attached hydrogen (secondary N) is 2. The molecule has 4 rings (SSSR count). The van der Waals surface area contributed by atoms with E-state index in [0.717, 1.165) is 11.1 Å². The Bertz CT molecular complexity index is 1010. The van der Waals surface area contributed by atoms with Crippen molar-refractivity contribution >= 4 is 17.7 Å².